The Labute approximate surface area is 111 Å². The predicted octanol–water partition coefficient (Wildman–Crippen LogP) is 2.45. The summed E-state index contributed by atoms with van der Waals surface area (Å²) >= 11 is 0. The van der Waals surface area contributed by atoms with Crippen LogP contribution in [-0.2, 0) is 4.74 Å². The van der Waals surface area contributed by atoms with E-state index in [2.05, 4.69) is 5.32 Å². The minimum absolute atomic E-state index is 0.0800. The van der Waals surface area contributed by atoms with Gasteiger partial charge in [0, 0.05) is 24.4 Å². The first-order chi connectivity index (χ1) is 9.13. The van der Waals surface area contributed by atoms with Crippen molar-refractivity contribution in [1.82, 2.24) is 0 Å². The number of nitrogens with one attached hydrogen (secondary N) is 1. The van der Waals surface area contributed by atoms with Gasteiger partial charge in [0.15, 0.2) is 0 Å². The Morgan fingerprint density at radius 3 is 2.89 bits per heavy atom. The zero-order chi connectivity index (χ0) is 13.8. The molecule has 6 heteroatoms. The second kappa shape index (κ2) is 5.67. The largest absolute Gasteiger partial charge is 0.382 e. The van der Waals surface area contributed by atoms with E-state index in [9.17, 15) is 10.1 Å². The van der Waals surface area contributed by atoms with Gasteiger partial charge in [-0.1, -0.05) is 0 Å². The van der Waals surface area contributed by atoms with Gasteiger partial charge in [-0.25, -0.2) is 0 Å². The van der Waals surface area contributed by atoms with Crippen molar-refractivity contribution in [2.24, 2.45) is 0 Å². The molecule has 19 heavy (non-hydrogen) atoms. The Bertz CT molecular complexity index is 518. The molecule has 0 heterocycles. The first kappa shape index (κ1) is 13.3. The van der Waals surface area contributed by atoms with Gasteiger partial charge in [-0.2, -0.15) is 5.26 Å². The fourth-order valence-electron chi connectivity index (χ4n) is 2.16. The van der Waals surface area contributed by atoms with Crippen LogP contribution in [0.3, 0.4) is 0 Å². The number of nitro benzene ring substituents is 1. The fraction of sp³-hybridized carbons (Fsp3) is 0.462. The second-order valence-corrected chi connectivity index (χ2v) is 4.49. The van der Waals surface area contributed by atoms with Crippen LogP contribution >= 0.6 is 0 Å². The average molecular weight is 261 g/mol. The van der Waals surface area contributed by atoms with E-state index in [0.29, 0.717) is 12.3 Å². The Morgan fingerprint density at radius 2 is 2.32 bits per heavy atom. The monoisotopic (exact) mass is 261 g/mol. The smallest absolute Gasteiger partial charge is 0.289 e. The highest BCUT2D eigenvalue weighted by atomic mass is 16.6. The Balaban J connectivity index is 2.01. The molecule has 1 saturated carbocycles. The number of nitro groups is 1. The third kappa shape index (κ3) is 3.01. The van der Waals surface area contributed by atoms with Crippen molar-refractivity contribution >= 4 is 11.4 Å². The van der Waals surface area contributed by atoms with Crippen molar-refractivity contribution in [3.63, 3.8) is 0 Å². The molecule has 1 aromatic carbocycles. The molecule has 1 aliphatic rings. The number of rotatable bonds is 5. The van der Waals surface area contributed by atoms with E-state index in [1.165, 1.54) is 12.1 Å². The summed E-state index contributed by atoms with van der Waals surface area (Å²) < 4.78 is 5.45. The zero-order valence-electron chi connectivity index (χ0n) is 10.6. The van der Waals surface area contributed by atoms with Crippen molar-refractivity contribution < 1.29 is 9.66 Å². The topological polar surface area (TPSA) is 88.2 Å². The molecule has 0 spiro atoms. The molecule has 0 amide bonds. The maximum atomic E-state index is 10.8. The maximum Gasteiger partial charge on any atom is 0.289 e. The van der Waals surface area contributed by atoms with Gasteiger partial charge in [0.2, 0.25) is 0 Å². The minimum atomic E-state index is -0.534. The number of hydrogen-bond donors (Lipinski definition) is 1. The third-order valence-electron chi connectivity index (χ3n) is 3.18. The SMILES string of the molecule is CCOC1CC(Nc2ccc(C#N)c([N+](=O)[O-])c2)C1. The lowest BCUT2D eigenvalue weighted by molar-refractivity contribution is -0.385. The molecule has 0 aromatic heterocycles. The molecule has 0 atom stereocenters. The van der Waals surface area contributed by atoms with E-state index in [-0.39, 0.29) is 23.4 Å². The fourth-order valence-corrected chi connectivity index (χ4v) is 2.16. The molecule has 1 aromatic rings. The van der Waals surface area contributed by atoms with Crippen LogP contribution in [0.4, 0.5) is 11.4 Å². The van der Waals surface area contributed by atoms with E-state index < -0.39 is 4.92 Å². The van der Waals surface area contributed by atoms with Crippen molar-refractivity contribution in [2.45, 2.75) is 31.9 Å². The quantitative estimate of drug-likeness (QED) is 0.649. The maximum absolute atomic E-state index is 10.8. The van der Waals surface area contributed by atoms with E-state index >= 15 is 0 Å². The van der Waals surface area contributed by atoms with Crippen LogP contribution in [0, 0.1) is 21.4 Å². The predicted molar refractivity (Wildman–Crippen MR) is 69.9 cm³/mol. The van der Waals surface area contributed by atoms with E-state index in [1.807, 2.05) is 13.0 Å². The molecule has 0 bridgehead atoms. The number of hydrogen-bond acceptors (Lipinski definition) is 5. The average Bonchev–Trinajstić information content (AvgIpc) is 2.36. The number of ether oxygens (including phenoxy) is 1. The summed E-state index contributed by atoms with van der Waals surface area (Å²) in [7, 11) is 0. The highest BCUT2D eigenvalue weighted by molar-refractivity contribution is 5.59. The summed E-state index contributed by atoms with van der Waals surface area (Å²) in [4.78, 5) is 10.3. The molecular formula is C13H15N3O3. The van der Waals surface area contributed by atoms with E-state index in [1.54, 1.807) is 6.07 Å². The van der Waals surface area contributed by atoms with Crippen molar-refractivity contribution in [3.8, 4) is 6.07 Å². The Kier molecular flexibility index (Phi) is 3.97. The zero-order valence-corrected chi connectivity index (χ0v) is 10.6. The Hall–Kier alpha value is -2.13. The molecule has 100 valence electrons. The van der Waals surface area contributed by atoms with Gasteiger partial charge in [-0.3, -0.25) is 10.1 Å². The lowest BCUT2D eigenvalue weighted by Gasteiger charge is -2.36. The van der Waals surface area contributed by atoms with Crippen molar-refractivity contribution in [1.29, 1.82) is 5.26 Å². The standard InChI is InChI=1S/C13H15N3O3/c1-2-19-12-5-11(6-12)15-10-4-3-9(8-14)13(7-10)16(17)18/h3-4,7,11-12,15H,2,5-6H2,1H3. The van der Waals surface area contributed by atoms with Gasteiger partial charge < -0.3 is 10.1 Å². The van der Waals surface area contributed by atoms with Gasteiger partial charge in [0.05, 0.1) is 11.0 Å². The van der Waals surface area contributed by atoms with Gasteiger partial charge in [-0.05, 0) is 31.9 Å². The van der Waals surface area contributed by atoms with Gasteiger partial charge in [-0.15, -0.1) is 0 Å². The van der Waals surface area contributed by atoms with Crippen LogP contribution in [0.15, 0.2) is 18.2 Å². The molecule has 0 radical (unpaired) electrons. The van der Waals surface area contributed by atoms with Crippen LogP contribution in [0.1, 0.15) is 25.3 Å². The molecule has 0 aliphatic heterocycles. The molecule has 2 rings (SSSR count). The second-order valence-electron chi connectivity index (χ2n) is 4.49. The molecule has 0 unspecified atom stereocenters. The lowest BCUT2D eigenvalue weighted by atomic mass is 9.89. The summed E-state index contributed by atoms with van der Waals surface area (Å²) in [6, 6.07) is 6.68. The van der Waals surface area contributed by atoms with Crippen LogP contribution in [0.5, 0.6) is 0 Å². The first-order valence-electron chi connectivity index (χ1n) is 6.20. The van der Waals surface area contributed by atoms with Gasteiger partial charge >= 0.3 is 0 Å². The Morgan fingerprint density at radius 1 is 1.58 bits per heavy atom. The van der Waals surface area contributed by atoms with Crippen LogP contribution in [0.25, 0.3) is 0 Å². The third-order valence-corrected chi connectivity index (χ3v) is 3.18. The van der Waals surface area contributed by atoms with Gasteiger partial charge in [0.1, 0.15) is 11.6 Å². The molecule has 1 N–H and O–H groups in total. The molecule has 6 nitrogen and oxygen atoms in total. The van der Waals surface area contributed by atoms with Crippen molar-refractivity contribution in [2.75, 3.05) is 11.9 Å². The lowest BCUT2D eigenvalue weighted by Crippen LogP contribution is -2.40. The highest BCUT2D eigenvalue weighted by Crippen LogP contribution is 2.29. The van der Waals surface area contributed by atoms with Gasteiger partial charge in [0.25, 0.3) is 5.69 Å². The summed E-state index contributed by atoms with van der Waals surface area (Å²) in [6.07, 6.45) is 2.10. The van der Waals surface area contributed by atoms with Crippen LogP contribution < -0.4 is 5.32 Å². The molecule has 0 saturated heterocycles. The molecular weight excluding hydrogens is 246 g/mol. The van der Waals surface area contributed by atoms with Crippen LogP contribution in [-0.4, -0.2) is 23.7 Å². The molecule has 1 fully saturated rings. The molecule has 1 aliphatic carbocycles. The summed E-state index contributed by atoms with van der Waals surface area (Å²) in [5.41, 5.74) is 0.593. The highest BCUT2D eigenvalue weighted by Gasteiger charge is 2.29. The summed E-state index contributed by atoms with van der Waals surface area (Å²) in [6.45, 7) is 2.67. The minimum Gasteiger partial charge on any atom is -0.382 e. The summed E-state index contributed by atoms with van der Waals surface area (Å²) in [5.74, 6) is 0. The number of nitriles is 1. The number of nitrogens with zero attached hydrogens (tertiary/aromatic N) is 2. The van der Waals surface area contributed by atoms with E-state index in [0.717, 1.165) is 12.8 Å². The van der Waals surface area contributed by atoms with E-state index in [4.69, 9.17) is 10.00 Å². The van der Waals surface area contributed by atoms with Crippen molar-refractivity contribution in [3.05, 3.63) is 33.9 Å². The first-order valence-corrected chi connectivity index (χ1v) is 6.20. The normalized spacial score (nSPS) is 21.3. The summed E-state index contributed by atoms with van der Waals surface area (Å²) in [5, 5.41) is 22.9. The van der Waals surface area contributed by atoms with Crippen LogP contribution in [0.2, 0.25) is 0 Å². The number of anilines is 1. The number of benzene rings is 1.